The standard InChI is InChI=1S/C27H29BrO3/c1-2-20(26(30)31)10-16-3-5-22(24(28)11-16)21-4-6-25(29)23(12-21)27-13-17-7-18(14-27)9-19(8-17)15-27/h3-6,10-12,17-19,29H,2,7-9,13-15H2,1H3,(H,30,31). The van der Waals surface area contributed by atoms with E-state index in [1.807, 2.05) is 37.3 Å². The molecule has 0 aliphatic heterocycles. The molecule has 4 heteroatoms. The minimum atomic E-state index is -0.874. The Bertz CT molecular complexity index is 1030. The Labute approximate surface area is 192 Å². The number of carboxylic acid groups (broad SMARTS) is 1. The predicted molar refractivity (Wildman–Crippen MR) is 127 cm³/mol. The van der Waals surface area contributed by atoms with Crippen LogP contribution >= 0.6 is 15.9 Å². The lowest BCUT2D eigenvalue weighted by Gasteiger charge is -2.57. The second kappa shape index (κ2) is 7.81. The van der Waals surface area contributed by atoms with Gasteiger partial charge in [-0.2, -0.15) is 0 Å². The first-order chi connectivity index (χ1) is 14.9. The summed E-state index contributed by atoms with van der Waals surface area (Å²) in [6.45, 7) is 1.85. The molecule has 0 radical (unpaired) electrons. The monoisotopic (exact) mass is 480 g/mol. The average Bonchev–Trinajstić information content (AvgIpc) is 2.71. The number of aliphatic carboxylic acids is 1. The Hall–Kier alpha value is -2.07. The van der Waals surface area contributed by atoms with Crippen LogP contribution in [0.1, 0.15) is 63.0 Å². The molecule has 0 atom stereocenters. The van der Waals surface area contributed by atoms with Gasteiger partial charge in [-0.15, -0.1) is 0 Å². The topological polar surface area (TPSA) is 57.5 Å². The number of hydrogen-bond donors (Lipinski definition) is 2. The third-order valence-corrected chi connectivity index (χ3v) is 8.56. The number of halogens is 1. The van der Waals surface area contributed by atoms with Gasteiger partial charge in [0.2, 0.25) is 0 Å². The van der Waals surface area contributed by atoms with Gasteiger partial charge in [0.1, 0.15) is 5.75 Å². The molecule has 0 saturated heterocycles. The van der Waals surface area contributed by atoms with Gasteiger partial charge in [-0.05, 0) is 109 Å². The fourth-order valence-corrected chi connectivity index (χ4v) is 7.57. The molecule has 31 heavy (non-hydrogen) atoms. The molecule has 0 aromatic heterocycles. The van der Waals surface area contributed by atoms with Crippen LogP contribution in [-0.4, -0.2) is 16.2 Å². The van der Waals surface area contributed by atoms with E-state index in [9.17, 15) is 15.0 Å². The first kappa shape index (κ1) is 20.8. The van der Waals surface area contributed by atoms with Crippen molar-refractivity contribution in [1.82, 2.24) is 0 Å². The Morgan fingerprint density at radius 1 is 1.06 bits per heavy atom. The minimum Gasteiger partial charge on any atom is -0.508 e. The third kappa shape index (κ3) is 3.73. The lowest BCUT2D eigenvalue weighted by Crippen LogP contribution is -2.48. The molecule has 4 saturated carbocycles. The summed E-state index contributed by atoms with van der Waals surface area (Å²) in [6, 6.07) is 12.1. The summed E-state index contributed by atoms with van der Waals surface area (Å²) in [6.07, 6.45) is 10.0. The molecule has 4 aliphatic carbocycles. The Balaban J connectivity index is 1.51. The van der Waals surface area contributed by atoms with Crippen molar-refractivity contribution in [3.8, 4) is 16.9 Å². The molecule has 3 nitrogen and oxygen atoms in total. The van der Waals surface area contributed by atoms with Crippen molar-refractivity contribution in [3.63, 3.8) is 0 Å². The predicted octanol–water partition coefficient (Wildman–Crippen LogP) is 7.17. The molecular formula is C27H29BrO3. The number of phenolic OH excluding ortho intramolecular Hbond substituents is 1. The molecule has 2 aromatic rings. The lowest BCUT2D eigenvalue weighted by atomic mass is 9.48. The summed E-state index contributed by atoms with van der Waals surface area (Å²) >= 11 is 3.70. The van der Waals surface area contributed by atoms with Crippen molar-refractivity contribution in [2.75, 3.05) is 0 Å². The zero-order valence-electron chi connectivity index (χ0n) is 17.9. The van der Waals surface area contributed by atoms with Gasteiger partial charge in [0.25, 0.3) is 0 Å². The number of rotatable bonds is 5. The van der Waals surface area contributed by atoms with E-state index < -0.39 is 5.97 Å². The van der Waals surface area contributed by atoms with Crippen LogP contribution in [0, 0.1) is 17.8 Å². The molecule has 0 spiro atoms. The summed E-state index contributed by atoms with van der Waals surface area (Å²) in [7, 11) is 0. The minimum absolute atomic E-state index is 0.140. The lowest BCUT2D eigenvalue weighted by molar-refractivity contribution is -0.132. The van der Waals surface area contributed by atoms with Crippen LogP contribution in [0.2, 0.25) is 0 Å². The quantitative estimate of drug-likeness (QED) is 0.445. The Morgan fingerprint density at radius 3 is 2.26 bits per heavy atom. The third-order valence-electron chi connectivity index (χ3n) is 7.91. The van der Waals surface area contributed by atoms with Crippen molar-refractivity contribution < 1.29 is 15.0 Å². The van der Waals surface area contributed by atoms with Crippen LogP contribution in [0.5, 0.6) is 5.75 Å². The maximum atomic E-state index is 11.3. The van der Waals surface area contributed by atoms with Crippen LogP contribution < -0.4 is 0 Å². The highest BCUT2D eigenvalue weighted by Crippen LogP contribution is 2.62. The second-order valence-electron chi connectivity index (χ2n) is 10.00. The number of carbonyl (C=O) groups is 1. The smallest absolute Gasteiger partial charge is 0.331 e. The van der Waals surface area contributed by atoms with Crippen molar-refractivity contribution in [2.45, 2.75) is 57.3 Å². The van der Waals surface area contributed by atoms with Crippen molar-refractivity contribution in [1.29, 1.82) is 0 Å². The average molecular weight is 481 g/mol. The molecule has 4 bridgehead atoms. The molecular weight excluding hydrogens is 452 g/mol. The molecule has 2 N–H and O–H groups in total. The van der Waals surface area contributed by atoms with Gasteiger partial charge in [-0.3, -0.25) is 0 Å². The van der Waals surface area contributed by atoms with E-state index in [1.165, 1.54) is 38.5 Å². The number of carboxylic acids is 1. The van der Waals surface area contributed by atoms with Gasteiger partial charge in [0.15, 0.2) is 0 Å². The SMILES string of the molecule is CCC(=Cc1ccc(-c2ccc(O)c(C34CC5CC(CC(C5)C3)C4)c2)c(Br)c1)C(=O)O. The maximum Gasteiger partial charge on any atom is 0.331 e. The van der Waals surface area contributed by atoms with Gasteiger partial charge >= 0.3 is 5.97 Å². The van der Waals surface area contributed by atoms with Crippen LogP contribution in [0.25, 0.3) is 17.2 Å². The van der Waals surface area contributed by atoms with Gasteiger partial charge < -0.3 is 10.2 Å². The summed E-state index contributed by atoms with van der Waals surface area (Å²) in [5, 5.41) is 20.2. The zero-order valence-corrected chi connectivity index (χ0v) is 19.5. The fourth-order valence-electron chi connectivity index (χ4n) is 6.94. The molecule has 0 heterocycles. The van der Waals surface area contributed by atoms with Crippen molar-refractivity contribution >= 4 is 28.0 Å². The molecule has 162 valence electrons. The van der Waals surface area contributed by atoms with E-state index in [2.05, 4.69) is 22.0 Å². The van der Waals surface area contributed by atoms with Gasteiger partial charge in [0.05, 0.1) is 0 Å². The number of benzene rings is 2. The first-order valence-electron chi connectivity index (χ1n) is 11.4. The molecule has 0 unspecified atom stereocenters. The highest BCUT2D eigenvalue weighted by molar-refractivity contribution is 9.10. The van der Waals surface area contributed by atoms with Gasteiger partial charge in [0, 0.05) is 15.6 Å². The summed E-state index contributed by atoms with van der Waals surface area (Å²) in [5.41, 5.74) is 4.71. The van der Waals surface area contributed by atoms with Crippen LogP contribution in [0.4, 0.5) is 0 Å². The van der Waals surface area contributed by atoms with Crippen LogP contribution in [0.15, 0.2) is 46.4 Å². The van der Waals surface area contributed by atoms with E-state index in [1.54, 1.807) is 6.08 Å². The maximum absolute atomic E-state index is 11.3. The molecule has 4 fully saturated rings. The van der Waals surface area contributed by atoms with Crippen LogP contribution in [-0.2, 0) is 10.2 Å². The first-order valence-corrected chi connectivity index (χ1v) is 12.2. The highest BCUT2D eigenvalue weighted by atomic mass is 79.9. The Kier molecular flexibility index (Phi) is 5.24. The second-order valence-corrected chi connectivity index (χ2v) is 10.9. The van der Waals surface area contributed by atoms with Crippen LogP contribution in [0.3, 0.4) is 0 Å². The van der Waals surface area contributed by atoms with E-state index in [-0.39, 0.29) is 5.41 Å². The zero-order chi connectivity index (χ0) is 21.8. The van der Waals surface area contributed by atoms with E-state index in [0.717, 1.165) is 44.5 Å². The highest BCUT2D eigenvalue weighted by Gasteiger charge is 2.52. The van der Waals surface area contributed by atoms with Crippen molar-refractivity contribution in [3.05, 3.63) is 57.6 Å². The van der Waals surface area contributed by atoms with Gasteiger partial charge in [-0.25, -0.2) is 4.79 Å². The summed E-state index contributed by atoms with van der Waals surface area (Å²) in [4.78, 5) is 11.3. The number of aromatic hydroxyl groups is 1. The van der Waals surface area contributed by atoms with Gasteiger partial charge in [-0.1, -0.05) is 41.1 Å². The van der Waals surface area contributed by atoms with Crippen molar-refractivity contribution in [2.24, 2.45) is 17.8 Å². The van der Waals surface area contributed by atoms with E-state index in [0.29, 0.717) is 17.7 Å². The largest absolute Gasteiger partial charge is 0.508 e. The van der Waals surface area contributed by atoms with E-state index >= 15 is 0 Å². The molecule has 4 aliphatic rings. The molecule has 2 aromatic carbocycles. The summed E-state index contributed by atoms with van der Waals surface area (Å²) < 4.78 is 0.934. The Morgan fingerprint density at radius 2 is 1.71 bits per heavy atom. The molecule has 6 rings (SSSR count). The summed E-state index contributed by atoms with van der Waals surface area (Å²) in [5.74, 6) is 2.05. The number of phenols is 1. The van der Waals surface area contributed by atoms with E-state index in [4.69, 9.17) is 0 Å². The molecule has 0 amide bonds. The number of hydrogen-bond acceptors (Lipinski definition) is 2. The normalized spacial score (nSPS) is 29.4. The fraction of sp³-hybridized carbons (Fsp3) is 0.444.